The van der Waals surface area contributed by atoms with Gasteiger partial charge < -0.3 is 4.42 Å². The van der Waals surface area contributed by atoms with Gasteiger partial charge in [0.15, 0.2) is 5.58 Å². The van der Waals surface area contributed by atoms with Crippen LogP contribution in [0.4, 0.5) is 0 Å². The van der Waals surface area contributed by atoms with E-state index in [1.807, 2.05) is 30.3 Å². The van der Waals surface area contributed by atoms with E-state index in [2.05, 4.69) is 4.98 Å². The van der Waals surface area contributed by atoms with Gasteiger partial charge in [0, 0.05) is 16.8 Å². The van der Waals surface area contributed by atoms with E-state index in [0.717, 1.165) is 21.9 Å². The smallest absolute Gasteiger partial charge is 0.160 e. The third-order valence-corrected chi connectivity index (χ3v) is 2.55. The normalized spacial score (nSPS) is 11.2. The van der Waals surface area contributed by atoms with Crippen LogP contribution in [0.5, 0.6) is 0 Å². The largest absolute Gasteiger partial charge is 0.462 e. The van der Waals surface area contributed by atoms with Crippen LogP contribution in [0, 0.1) is 0 Å². The van der Waals surface area contributed by atoms with Gasteiger partial charge in [0.25, 0.3) is 0 Å². The number of halogens is 1. The number of hydrogen-bond donors (Lipinski definition) is 0. The molecule has 3 heteroatoms. The van der Waals surface area contributed by atoms with Crippen molar-refractivity contribution in [2.45, 2.75) is 0 Å². The summed E-state index contributed by atoms with van der Waals surface area (Å²) in [6.07, 6.45) is 1.63. The fourth-order valence-corrected chi connectivity index (χ4v) is 1.87. The molecule has 0 atom stereocenters. The number of furan rings is 1. The fraction of sp³-hybridized carbons (Fsp3) is 0. The summed E-state index contributed by atoms with van der Waals surface area (Å²) >= 11 is 6.04. The van der Waals surface area contributed by atoms with E-state index >= 15 is 0 Å². The first-order chi connectivity index (χ1) is 6.86. The van der Waals surface area contributed by atoms with Crippen molar-refractivity contribution in [3.8, 4) is 0 Å². The van der Waals surface area contributed by atoms with Crippen molar-refractivity contribution in [3.63, 3.8) is 0 Å². The quantitative estimate of drug-likeness (QED) is 0.522. The highest BCUT2D eigenvalue weighted by Crippen LogP contribution is 2.29. The van der Waals surface area contributed by atoms with Crippen molar-refractivity contribution in [3.05, 3.63) is 41.7 Å². The molecule has 0 aliphatic rings. The fourth-order valence-electron chi connectivity index (χ4n) is 1.62. The lowest BCUT2D eigenvalue weighted by atomic mass is 10.1. The summed E-state index contributed by atoms with van der Waals surface area (Å²) in [5.41, 5.74) is 1.60. The summed E-state index contributed by atoms with van der Waals surface area (Å²) in [7, 11) is 0. The van der Waals surface area contributed by atoms with Crippen molar-refractivity contribution < 1.29 is 4.42 Å². The summed E-state index contributed by atoms with van der Waals surface area (Å²) in [6.45, 7) is 0. The van der Waals surface area contributed by atoms with E-state index < -0.39 is 0 Å². The number of nitrogens with zero attached hydrogens (tertiary/aromatic N) is 1. The molecule has 1 aromatic carbocycles. The Morgan fingerprint density at radius 3 is 2.71 bits per heavy atom. The third kappa shape index (κ3) is 0.946. The molecule has 2 nitrogen and oxygen atoms in total. The monoisotopic (exact) mass is 203 g/mol. The van der Waals surface area contributed by atoms with Crippen molar-refractivity contribution in [2.75, 3.05) is 0 Å². The minimum Gasteiger partial charge on any atom is -0.462 e. The zero-order chi connectivity index (χ0) is 9.54. The van der Waals surface area contributed by atoms with Gasteiger partial charge in [-0.05, 0) is 0 Å². The van der Waals surface area contributed by atoms with Crippen LogP contribution in [0.25, 0.3) is 21.9 Å². The summed E-state index contributed by atoms with van der Waals surface area (Å²) < 4.78 is 5.37. The predicted molar refractivity (Wildman–Crippen MR) is 56.5 cm³/mol. The van der Waals surface area contributed by atoms with E-state index in [4.69, 9.17) is 16.0 Å². The highest BCUT2D eigenvalue weighted by molar-refractivity contribution is 6.35. The molecule has 0 amide bonds. The Labute approximate surface area is 85.1 Å². The molecule has 3 aromatic rings. The molecular weight excluding hydrogens is 198 g/mol. The zero-order valence-electron chi connectivity index (χ0n) is 7.20. The Kier molecular flexibility index (Phi) is 1.52. The standard InChI is InChI=1S/C11H6ClNO/c12-11-8-4-2-1-3-7(8)10-9(13-11)5-6-14-10/h1-6H. The number of aromatic nitrogens is 1. The van der Waals surface area contributed by atoms with Crippen LogP contribution < -0.4 is 0 Å². The maximum absolute atomic E-state index is 6.04. The van der Waals surface area contributed by atoms with E-state index in [1.165, 1.54) is 0 Å². The topological polar surface area (TPSA) is 26.0 Å². The minimum atomic E-state index is 0.523. The maximum atomic E-state index is 6.04. The first-order valence-corrected chi connectivity index (χ1v) is 4.65. The molecule has 2 aromatic heterocycles. The molecule has 0 N–H and O–H groups in total. The van der Waals surface area contributed by atoms with Gasteiger partial charge in [0.1, 0.15) is 10.7 Å². The van der Waals surface area contributed by atoms with Crippen LogP contribution in [0.15, 0.2) is 41.0 Å². The van der Waals surface area contributed by atoms with Gasteiger partial charge >= 0.3 is 0 Å². The molecule has 0 aliphatic carbocycles. The second kappa shape index (κ2) is 2.72. The summed E-state index contributed by atoms with van der Waals surface area (Å²) in [5.74, 6) is 0. The van der Waals surface area contributed by atoms with Crippen LogP contribution >= 0.6 is 11.6 Å². The number of benzene rings is 1. The van der Waals surface area contributed by atoms with E-state index in [9.17, 15) is 0 Å². The molecule has 3 rings (SSSR count). The molecule has 0 unspecified atom stereocenters. The van der Waals surface area contributed by atoms with Gasteiger partial charge in [0.2, 0.25) is 0 Å². The molecular formula is C11H6ClNO. The summed E-state index contributed by atoms with van der Waals surface area (Å²) in [5, 5.41) is 2.46. The average molecular weight is 204 g/mol. The first-order valence-electron chi connectivity index (χ1n) is 4.28. The molecule has 0 saturated heterocycles. The van der Waals surface area contributed by atoms with Crippen LogP contribution in [0.2, 0.25) is 5.15 Å². The molecule has 14 heavy (non-hydrogen) atoms. The summed E-state index contributed by atoms with van der Waals surface area (Å²) in [4.78, 5) is 4.24. The Hall–Kier alpha value is -1.54. The molecule has 0 radical (unpaired) electrons. The number of fused-ring (bicyclic) bond motifs is 3. The van der Waals surface area contributed by atoms with Crippen molar-refractivity contribution >= 4 is 33.5 Å². The number of pyridine rings is 1. The maximum Gasteiger partial charge on any atom is 0.160 e. The SMILES string of the molecule is Clc1nc2ccoc2c2ccccc12. The molecule has 0 fully saturated rings. The minimum absolute atomic E-state index is 0.523. The highest BCUT2D eigenvalue weighted by atomic mass is 35.5. The third-order valence-electron chi connectivity index (χ3n) is 2.26. The average Bonchev–Trinajstić information content (AvgIpc) is 2.66. The number of hydrogen-bond acceptors (Lipinski definition) is 2. The van der Waals surface area contributed by atoms with Gasteiger partial charge in [-0.1, -0.05) is 35.9 Å². The van der Waals surface area contributed by atoms with Gasteiger partial charge in [-0.15, -0.1) is 0 Å². The summed E-state index contributed by atoms with van der Waals surface area (Å²) in [6, 6.07) is 9.63. The van der Waals surface area contributed by atoms with Crippen LogP contribution in [-0.4, -0.2) is 4.98 Å². The van der Waals surface area contributed by atoms with Gasteiger partial charge in [-0.3, -0.25) is 0 Å². The molecule has 68 valence electrons. The van der Waals surface area contributed by atoms with Crippen LogP contribution in [0.3, 0.4) is 0 Å². The predicted octanol–water partition coefficient (Wildman–Crippen LogP) is 3.63. The lowest BCUT2D eigenvalue weighted by Gasteiger charge is -1.99. The second-order valence-corrected chi connectivity index (χ2v) is 3.44. The molecule has 0 aliphatic heterocycles. The Morgan fingerprint density at radius 1 is 1.07 bits per heavy atom. The number of rotatable bonds is 0. The van der Waals surface area contributed by atoms with E-state index in [-0.39, 0.29) is 0 Å². The Balaban J connectivity index is 2.67. The van der Waals surface area contributed by atoms with Crippen molar-refractivity contribution in [1.29, 1.82) is 0 Å². The van der Waals surface area contributed by atoms with Crippen molar-refractivity contribution in [2.24, 2.45) is 0 Å². The van der Waals surface area contributed by atoms with E-state index in [1.54, 1.807) is 6.26 Å². The Morgan fingerprint density at radius 2 is 1.86 bits per heavy atom. The molecule has 2 heterocycles. The van der Waals surface area contributed by atoms with Crippen LogP contribution in [-0.2, 0) is 0 Å². The second-order valence-electron chi connectivity index (χ2n) is 3.08. The molecule has 0 spiro atoms. The highest BCUT2D eigenvalue weighted by Gasteiger charge is 2.07. The lowest BCUT2D eigenvalue weighted by Crippen LogP contribution is -1.80. The van der Waals surface area contributed by atoms with Gasteiger partial charge in [0.05, 0.1) is 6.26 Å². The van der Waals surface area contributed by atoms with Gasteiger partial charge in [-0.2, -0.15) is 0 Å². The van der Waals surface area contributed by atoms with Crippen LogP contribution in [0.1, 0.15) is 0 Å². The molecule has 0 bridgehead atoms. The Bertz CT molecular complexity index is 615. The lowest BCUT2D eigenvalue weighted by molar-refractivity contribution is 0.619. The first kappa shape index (κ1) is 7.83. The zero-order valence-corrected chi connectivity index (χ0v) is 7.95. The van der Waals surface area contributed by atoms with E-state index in [0.29, 0.717) is 5.15 Å². The van der Waals surface area contributed by atoms with Gasteiger partial charge in [-0.25, -0.2) is 4.98 Å². The van der Waals surface area contributed by atoms with Crippen molar-refractivity contribution in [1.82, 2.24) is 4.98 Å². The molecule has 0 saturated carbocycles.